The van der Waals surface area contributed by atoms with Gasteiger partial charge in [0.2, 0.25) is 5.13 Å². The standard InChI is InChI=1S/C27H19ClN8O2S2/c28-20-6-2-1-5-17(20)15-39-27-34-33-26(40-27)32-24(37)18-13-19-23(31-21-7-3-4-12-35(21)25(19)38)36(22(18)29)14-16-8-10-30-11-9-16/h1-13,29H,14-15H2,(H,32,33,37). The molecular formula is C27H19ClN8O2S2. The molecular weight excluding hydrogens is 568 g/mol. The molecule has 0 spiro atoms. The Morgan fingerprint density at radius 1 is 1.07 bits per heavy atom. The number of halogens is 1. The third-order valence-corrected chi connectivity index (χ3v) is 8.48. The minimum atomic E-state index is -0.577. The first-order valence-electron chi connectivity index (χ1n) is 12.0. The van der Waals surface area contributed by atoms with Gasteiger partial charge in [-0.1, -0.05) is 59.0 Å². The summed E-state index contributed by atoms with van der Waals surface area (Å²) in [6.45, 7) is 0.218. The van der Waals surface area contributed by atoms with E-state index in [9.17, 15) is 9.59 Å². The first-order chi connectivity index (χ1) is 19.5. The normalized spacial score (nSPS) is 11.2. The van der Waals surface area contributed by atoms with Crippen molar-refractivity contribution >= 4 is 62.4 Å². The van der Waals surface area contributed by atoms with Gasteiger partial charge in [-0.25, -0.2) is 4.98 Å². The number of hydrogen-bond donors (Lipinski definition) is 2. The SMILES string of the molecule is N=c1c(C(=O)Nc2nnc(SCc3ccccc3Cl)s2)cc2c(=O)n3ccccc3nc2n1Cc1ccncc1. The zero-order valence-electron chi connectivity index (χ0n) is 20.6. The number of nitrogens with zero attached hydrogens (tertiary/aromatic N) is 6. The number of anilines is 1. The number of carbonyl (C=O) groups excluding carboxylic acids is 1. The Morgan fingerprint density at radius 3 is 2.70 bits per heavy atom. The summed E-state index contributed by atoms with van der Waals surface area (Å²) in [4.78, 5) is 35.6. The number of aromatic nitrogens is 6. The zero-order valence-corrected chi connectivity index (χ0v) is 23.0. The predicted molar refractivity (Wildman–Crippen MR) is 155 cm³/mol. The van der Waals surface area contributed by atoms with Crippen molar-refractivity contribution in [1.29, 1.82) is 5.41 Å². The van der Waals surface area contributed by atoms with Gasteiger partial charge in [-0.2, -0.15) is 0 Å². The van der Waals surface area contributed by atoms with E-state index in [4.69, 9.17) is 17.0 Å². The van der Waals surface area contributed by atoms with E-state index in [0.717, 1.165) is 11.1 Å². The van der Waals surface area contributed by atoms with Crippen molar-refractivity contribution in [3.8, 4) is 0 Å². The lowest BCUT2D eigenvalue weighted by molar-refractivity contribution is 0.102. The van der Waals surface area contributed by atoms with Crippen molar-refractivity contribution in [2.45, 2.75) is 16.6 Å². The lowest BCUT2D eigenvalue weighted by Gasteiger charge is -2.14. The Balaban J connectivity index is 1.35. The number of benzene rings is 1. The molecule has 6 aromatic rings. The highest BCUT2D eigenvalue weighted by Crippen LogP contribution is 2.30. The molecule has 198 valence electrons. The van der Waals surface area contributed by atoms with Crippen LogP contribution in [-0.2, 0) is 12.3 Å². The van der Waals surface area contributed by atoms with Crippen LogP contribution in [0.4, 0.5) is 5.13 Å². The summed E-state index contributed by atoms with van der Waals surface area (Å²) in [6, 6.07) is 17.8. The fraction of sp³-hybridized carbons (Fsp3) is 0.0741. The van der Waals surface area contributed by atoms with Gasteiger partial charge in [0, 0.05) is 29.4 Å². The van der Waals surface area contributed by atoms with E-state index in [0.29, 0.717) is 26.4 Å². The molecule has 0 saturated carbocycles. The Hall–Kier alpha value is -4.39. The molecule has 1 amide bonds. The van der Waals surface area contributed by atoms with E-state index in [1.54, 1.807) is 41.4 Å². The molecule has 0 aliphatic heterocycles. The maximum absolute atomic E-state index is 13.4. The first-order valence-corrected chi connectivity index (χ1v) is 14.2. The number of thioether (sulfide) groups is 1. The molecule has 5 heterocycles. The average Bonchev–Trinajstić information content (AvgIpc) is 3.42. The van der Waals surface area contributed by atoms with Crippen LogP contribution in [0.1, 0.15) is 21.5 Å². The quantitative estimate of drug-likeness (QED) is 0.158. The highest BCUT2D eigenvalue weighted by atomic mass is 35.5. The lowest BCUT2D eigenvalue weighted by atomic mass is 10.1. The molecule has 1 aromatic carbocycles. The summed E-state index contributed by atoms with van der Waals surface area (Å²) in [6.07, 6.45) is 4.91. The molecule has 0 saturated heterocycles. The second-order valence-electron chi connectivity index (χ2n) is 8.64. The van der Waals surface area contributed by atoms with Crippen molar-refractivity contribution in [2.24, 2.45) is 0 Å². The van der Waals surface area contributed by atoms with Gasteiger partial charge >= 0.3 is 0 Å². The highest BCUT2D eigenvalue weighted by Gasteiger charge is 2.19. The summed E-state index contributed by atoms with van der Waals surface area (Å²) < 4.78 is 3.62. The molecule has 0 radical (unpaired) electrons. The summed E-state index contributed by atoms with van der Waals surface area (Å²) in [5.74, 6) is 0.0238. The molecule has 10 nitrogen and oxygen atoms in total. The molecule has 5 aromatic heterocycles. The molecule has 0 aliphatic rings. The van der Waals surface area contributed by atoms with Gasteiger partial charge < -0.3 is 4.57 Å². The van der Waals surface area contributed by atoms with Crippen LogP contribution in [0.25, 0.3) is 16.7 Å². The number of fused-ring (bicyclic) bond motifs is 2. The van der Waals surface area contributed by atoms with Gasteiger partial charge in [0.1, 0.15) is 16.8 Å². The third kappa shape index (κ3) is 5.11. The van der Waals surface area contributed by atoms with Gasteiger partial charge in [0.05, 0.1) is 17.5 Å². The Bertz CT molecular complexity index is 2010. The highest BCUT2D eigenvalue weighted by molar-refractivity contribution is 8.00. The van der Waals surface area contributed by atoms with Gasteiger partial charge in [-0.05, 0) is 47.5 Å². The van der Waals surface area contributed by atoms with Crippen molar-refractivity contribution in [2.75, 3.05) is 5.32 Å². The molecule has 40 heavy (non-hydrogen) atoms. The van der Waals surface area contributed by atoms with Crippen LogP contribution in [0.15, 0.2) is 88.4 Å². The lowest BCUT2D eigenvalue weighted by Crippen LogP contribution is -2.32. The fourth-order valence-electron chi connectivity index (χ4n) is 4.12. The number of hydrogen-bond acceptors (Lipinski definition) is 9. The van der Waals surface area contributed by atoms with Crippen LogP contribution in [0.5, 0.6) is 0 Å². The largest absolute Gasteiger partial charge is 0.306 e. The molecule has 0 atom stereocenters. The summed E-state index contributed by atoms with van der Waals surface area (Å²) in [5.41, 5.74) is 2.14. The topological polar surface area (TPSA) is 131 Å². The van der Waals surface area contributed by atoms with Gasteiger partial charge in [-0.15, -0.1) is 10.2 Å². The minimum Gasteiger partial charge on any atom is -0.306 e. The maximum Gasteiger partial charge on any atom is 0.267 e. The van der Waals surface area contributed by atoms with E-state index in [1.807, 2.05) is 36.4 Å². The van der Waals surface area contributed by atoms with E-state index in [-0.39, 0.29) is 33.7 Å². The van der Waals surface area contributed by atoms with Crippen LogP contribution in [0, 0.1) is 5.41 Å². The maximum atomic E-state index is 13.4. The van der Waals surface area contributed by atoms with Gasteiger partial charge in [-0.3, -0.25) is 29.7 Å². The predicted octanol–water partition coefficient (Wildman–Crippen LogP) is 4.62. The van der Waals surface area contributed by atoms with E-state index < -0.39 is 5.91 Å². The molecule has 13 heteroatoms. The monoisotopic (exact) mass is 586 g/mol. The number of carbonyl (C=O) groups is 1. The summed E-state index contributed by atoms with van der Waals surface area (Å²) in [7, 11) is 0. The van der Waals surface area contributed by atoms with Crippen LogP contribution in [-0.4, -0.2) is 35.0 Å². The van der Waals surface area contributed by atoms with Gasteiger partial charge in [0.25, 0.3) is 11.5 Å². The Kier molecular flexibility index (Phi) is 7.11. The number of pyridine rings is 3. The third-order valence-electron chi connectivity index (χ3n) is 6.09. The first kappa shape index (κ1) is 25.9. The van der Waals surface area contributed by atoms with Crippen LogP contribution >= 0.6 is 34.7 Å². The Labute approximate surface area is 239 Å². The van der Waals surface area contributed by atoms with E-state index in [1.165, 1.54) is 33.6 Å². The molecule has 0 fully saturated rings. The summed E-state index contributed by atoms with van der Waals surface area (Å²) in [5, 5.41) is 21.1. The molecule has 0 unspecified atom stereocenters. The van der Waals surface area contributed by atoms with Crippen LogP contribution < -0.4 is 16.4 Å². The number of nitrogens with one attached hydrogen (secondary N) is 2. The number of amides is 1. The fourth-order valence-corrected chi connectivity index (χ4v) is 6.16. The van der Waals surface area contributed by atoms with E-state index >= 15 is 0 Å². The molecule has 2 N–H and O–H groups in total. The zero-order chi connectivity index (χ0) is 27.6. The smallest absolute Gasteiger partial charge is 0.267 e. The molecule has 6 rings (SSSR count). The van der Waals surface area contributed by atoms with Crippen molar-refractivity contribution < 1.29 is 4.79 Å². The van der Waals surface area contributed by atoms with Crippen molar-refractivity contribution in [3.63, 3.8) is 0 Å². The van der Waals surface area contributed by atoms with E-state index in [2.05, 4.69) is 25.5 Å². The second kappa shape index (κ2) is 11.0. The Morgan fingerprint density at radius 2 is 1.88 bits per heavy atom. The van der Waals surface area contributed by atoms with Gasteiger partial charge in [0.15, 0.2) is 4.34 Å². The number of rotatable bonds is 7. The van der Waals surface area contributed by atoms with Crippen LogP contribution in [0.2, 0.25) is 5.02 Å². The molecule has 0 aliphatic carbocycles. The summed E-state index contributed by atoms with van der Waals surface area (Å²) >= 11 is 8.91. The van der Waals surface area contributed by atoms with Crippen molar-refractivity contribution in [3.05, 3.63) is 117 Å². The van der Waals surface area contributed by atoms with Crippen LogP contribution in [0.3, 0.4) is 0 Å². The van der Waals surface area contributed by atoms with Crippen molar-refractivity contribution in [1.82, 2.24) is 29.1 Å². The average molecular weight is 587 g/mol. The minimum absolute atomic E-state index is 0.0109. The molecule has 0 bridgehead atoms. The second-order valence-corrected chi connectivity index (χ2v) is 11.2.